The van der Waals surface area contributed by atoms with Crippen LogP contribution in [0.4, 0.5) is 27.9 Å². The van der Waals surface area contributed by atoms with Crippen molar-refractivity contribution in [3.63, 3.8) is 0 Å². The van der Waals surface area contributed by atoms with Crippen molar-refractivity contribution in [3.8, 4) is 17.0 Å². The summed E-state index contributed by atoms with van der Waals surface area (Å²) >= 11 is 0. The molecule has 0 saturated carbocycles. The number of methoxy groups -OCH3 is 1. The molecule has 0 bridgehead atoms. The van der Waals surface area contributed by atoms with Crippen LogP contribution < -0.4 is 10.1 Å². The zero-order chi connectivity index (χ0) is 25.8. The SMILES string of the molecule is COc1nc(N[C@H]2CCN(C3COC3)C[C@@H]2F)nn2cc(F)c(-c3cc(F)c4ncc(C(F)F)n4c3)c12. The molecular weight excluding hydrogens is 501 g/mol. The number of likely N-dealkylation sites (tertiary alicyclic amines) is 1. The van der Waals surface area contributed by atoms with Gasteiger partial charge >= 0.3 is 0 Å². The molecular formula is C23H22F5N7O2. The molecule has 0 aliphatic carbocycles. The summed E-state index contributed by atoms with van der Waals surface area (Å²) in [5.74, 6) is -1.75. The molecule has 0 aromatic carbocycles. The molecule has 0 radical (unpaired) electrons. The highest BCUT2D eigenvalue weighted by atomic mass is 19.3. The number of anilines is 1. The molecule has 2 aliphatic heterocycles. The number of pyridine rings is 1. The molecule has 6 heterocycles. The van der Waals surface area contributed by atoms with Crippen molar-refractivity contribution in [1.82, 2.24) is 28.9 Å². The van der Waals surface area contributed by atoms with E-state index >= 15 is 4.39 Å². The first kappa shape index (κ1) is 23.9. The largest absolute Gasteiger partial charge is 0.479 e. The van der Waals surface area contributed by atoms with Gasteiger partial charge in [-0.25, -0.2) is 31.5 Å². The molecule has 9 nitrogen and oxygen atoms in total. The molecule has 0 spiro atoms. The van der Waals surface area contributed by atoms with E-state index in [1.165, 1.54) is 13.3 Å². The van der Waals surface area contributed by atoms with Gasteiger partial charge in [-0.3, -0.25) is 9.30 Å². The molecule has 4 aromatic heterocycles. The first-order chi connectivity index (χ1) is 17.8. The fourth-order valence-electron chi connectivity index (χ4n) is 4.88. The summed E-state index contributed by atoms with van der Waals surface area (Å²) in [4.78, 5) is 10.0. The number of hydrogen-bond donors (Lipinski definition) is 1. The van der Waals surface area contributed by atoms with Gasteiger partial charge in [0.1, 0.15) is 17.4 Å². The molecule has 0 unspecified atom stereocenters. The summed E-state index contributed by atoms with van der Waals surface area (Å²) in [5.41, 5.74) is -0.971. The van der Waals surface area contributed by atoms with Gasteiger partial charge in [0.05, 0.1) is 50.4 Å². The molecule has 2 aliphatic rings. The third-order valence-electron chi connectivity index (χ3n) is 6.87. The highest BCUT2D eigenvalue weighted by molar-refractivity contribution is 5.85. The van der Waals surface area contributed by atoms with Gasteiger partial charge < -0.3 is 14.8 Å². The van der Waals surface area contributed by atoms with E-state index in [1.807, 2.05) is 0 Å². The van der Waals surface area contributed by atoms with Crippen molar-refractivity contribution in [2.75, 3.05) is 38.7 Å². The minimum Gasteiger partial charge on any atom is -0.479 e. The molecule has 6 rings (SSSR count). The first-order valence-corrected chi connectivity index (χ1v) is 11.6. The number of hydrogen-bond acceptors (Lipinski definition) is 7. The summed E-state index contributed by atoms with van der Waals surface area (Å²) in [6, 6.07) is 0.664. The Balaban J connectivity index is 1.35. The highest BCUT2D eigenvalue weighted by Gasteiger charge is 2.36. The van der Waals surface area contributed by atoms with E-state index in [4.69, 9.17) is 9.47 Å². The minimum atomic E-state index is -2.92. The van der Waals surface area contributed by atoms with Crippen LogP contribution in [-0.2, 0) is 4.74 Å². The van der Waals surface area contributed by atoms with Crippen molar-refractivity contribution < 1.29 is 31.4 Å². The van der Waals surface area contributed by atoms with Crippen LogP contribution in [0.2, 0.25) is 0 Å². The number of piperidine rings is 1. The third kappa shape index (κ3) is 4.03. The van der Waals surface area contributed by atoms with E-state index in [0.29, 0.717) is 26.2 Å². The third-order valence-corrected chi connectivity index (χ3v) is 6.87. The Morgan fingerprint density at radius 3 is 2.68 bits per heavy atom. The number of alkyl halides is 3. The Morgan fingerprint density at radius 1 is 1.19 bits per heavy atom. The number of aromatic nitrogens is 5. The van der Waals surface area contributed by atoms with Crippen LogP contribution in [0.15, 0.2) is 24.7 Å². The maximum absolute atomic E-state index is 15.2. The fraction of sp³-hybridized carbons (Fsp3) is 0.435. The van der Waals surface area contributed by atoms with Gasteiger partial charge in [-0.2, -0.15) is 4.98 Å². The molecule has 2 fully saturated rings. The number of rotatable bonds is 6. The minimum absolute atomic E-state index is 0.0233. The van der Waals surface area contributed by atoms with Crippen LogP contribution in [0.1, 0.15) is 18.5 Å². The van der Waals surface area contributed by atoms with Crippen LogP contribution in [0.5, 0.6) is 5.88 Å². The summed E-state index contributed by atoms with van der Waals surface area (Å²) in [6.07, 6.45) is -0.526. The Kier molecular flexibility index (Phi) is 5.87. The number of imidazole rings is 1. The zero-order valence-corrected chi connectivity index (χ0v) is 19.5. The maximum atomic E-state index is 15.2. The van der Waals surface area contributed by atoms with Crippen LogP contribution in [-0.4, -0.2) is 80.6 Å². The molecule has 1 N–H and O–H groups in total. The predicted molar refractivity (Wildman–Crippen MR) is 122 cm³/mol. The lowest BCUT2D eigenvalue weighted by atomic mass is 10.0. The fourth-order valence-corrected chi connectivity index (χ4v) is 4.88. The van der Waals surface area contributed by atoms with Crippen LogP contribution in [0, 0.1) is 11.6 Å². The second kappa shape index (κ2) is 9.10. The summed E-state index contributed by atoms with van der Waals surface area (Å²) in [7, 11) is 1.31. The lowest BCUT2D eigenvalue weighted by Gasteiger charge is -2.42. The number of fused-ring (bicyclic) bond motifs is 2. The second-order valence-electron chi connectivity index (χ2n) is 9.09. The van der Waals surface area contributed by atoms with Gasteiger partial charge in [-0.1, -0.05) is 0 Å². The van der Waals surface area contributed by atoms with Crippen LogP contribution in [0.25, 0.3) is 22.3 Å². The Bertz CT molecular complexity index is 1470. The van der Waals surface area contributed by atoms with E-state index in [-0.39, 0.29) is 46.7 Å². The van der Waals surface area contributed by atoms with Crippen molar-refractivity contribution in [2.24, 2.45) is 0 Å². The second-order valence-corrected chi connectivity index (χ2v) is 9.09. The quantitative estimate of drug-likeness (QED) is 0.388. The number of nitrogens with zero attached hydrogens (tertiary/aromatic N) is 6. The average Bonchev–Trinajstić information content (AvgIpc) is 3.40. The lowest BCUT2D eigenvalue weighted by Crippen LogP contribution is -2.57. The summed E-state index contributed by atoms with van der Waals surface area (Å²) in [6.45, 7) is 2.13. The molecule has 2 atom stereocenters. The monoisotopic (exact) mass is 523 g/mol. The van der Waals surface area contributed by atoms with E-state index in [2.05, 4.69) is 25.3 Å². The molecule has 196 valence electrons. The van der Waals surface area contributed by atoms with Gasteiger partial charge in [0.15, 0.2) is 17.3 Å². The predicted octanol–water partition coefficient (Wildman–Crippen LogP) is 3.49. The van der Waals surface area contributed by atoms with Crippen LogP contribution in [0.3, 0.4) is 0 Å². The number of nitrogens with one attached hydrogen (secondary N) is 1. The van der Waals surface area contributed by atoms with E-state index in [0.717, 1.165) is 27.4 Å². The topological polar surface area (TPSA) is 81.2 Å². The lowest BCUT2D eigenvalue weighted by molar-refractivity contribution is -0.0794. The van der Waals surface area contributed by atoms with Crippen molar-refractivity contribution >= 4 is 17.1 Å². The standard InChI is InChI=1S/C23H22F5N7O2/c1-36-22-19-18(11-4-13(24)21-29-5-17(20(27)28)34(21)6-11)15(26)8-35(19)32-23(31-22)30-16-2-3-33(7-14(16)25)12-9-37-10-12/h4-6,8,12,14,16,20H,2-3,7,9-10H2,1H3,(H,30,32)/t14-,16-/m0/s1. The van der Waals surface area contributed by atoms with Crippen molar-refractivity contribution in [3.05, 3.63) is 42.0 Å². The zero-order valence-electron chi connectivity index (χ0n) is 19.5. The molecule has 14 heteroatoms. The Morgan fingerprint density at radius 2 is 2.00 bits per heavy atom. The van der Waals surface area contributed by atoms with Gasteiger partial charge in [0, 0.05) is 24.8 Å². The van der Waals surface area contributed by atoms with Crippen molar-refractivity contribution in [1.29, 1.82) is 0 Å². The van der Waals surface area contributed by atoms with Crippen molar-refractivity contribution in [2.45, 2.75) is 31.1 Å². The molecule has 2 saturated heterocycles. The molecule has 37 heavy (non-hydrogen) atoms. The normalized spacial score (nSPS) is 21.2. The smallest absolute Gasteiger partial charge is 0.280 e. The summed E-state index contributed by atoms with van der Waals surface area (Å²) < 4.78 is 84.2. The van der Waals surface area contributed by atoms with Gasteiger partial charge in [-0.15, -0.1) is 5.10 Å². The van der Waals surface area contributed by atoms with Gasteiger partial charge in [0.25, 0.3) is 6.43 Å². The first-order valence-electron chi connectivity index (χ1n) is 11.6. The van der Waals surface area contributed by atoms with E-state index in [9.17, 15) is 17.6 Å². The summed E-state index contributed by atoms with van der Waals surface area (Å²) in [5, 5.41) is 7.24. The highest BCUT2D eigenvalue weighted by Crippen LogP contribution is 2.36. The maximum Gasteiger partial charge on any atom is 0.280 e. The van der Waals surface area contributed by atoms with Gasteiger partial charge in [0.2, 0.25) is 11.8 Å². The number of ether oxygens (including phenoxy) is 2. The molecule has 0 amide bonds. The Hall–Kier alpha value is -3.52. The average molecular weight is 523 g/mol. The van der Waals surface area contributed by atoms with Gasteiger partial charge in [-0.05, 0) is 12.5 Å². The Labute approximate surface area is 206 Å². The molecule has 4 aromatic rings. The van der Waals surface area contributed by atoms with E-state index < -0.39 is 36.0 Å². The van der Waals surface area contributed by atoms with E-state index in [1.54, 1.807) is 0 Å². The number of halogens is 5. The van der Waals surface area contributed by atoms with Crippen LogP contribution >= 0.6 is 0 Å².